The highest BCUT2D eigenvalue weighted by Gasteiger charge is 2.25. The molecule has 0 fully saturated rings. The first kappa shape index (κ1) is 19.5. The summed E-state index contributed by atoms with van der Waals surface area (Å²) in [5, 5.41) is 2.34. The first-order valence-electron chi connectivity index (χ1n) is 8.20. The van der Waals surface area contributed by atoms with Crippen molar-refractivity contribution < 1.29 is 22.0 Å². The van der Waals surface area contributed by atoms with E-state index < -0.39 is 27.6 Å². The van der Waals surface area contributed by atoms with Crippen molar-refractivity contribution in [1.82, 2.24) is 0 Å². The standard InChI is InChI=1S/C20H16F2N2O3S/c1-24(28(26,27)15-7-3-2-4-8-15)19-10-6-5-9-16(19)20(25)23-18-12-11-14(21)13-17(18)22/h2-13H,1H3,(H,23,25). The Labute approximate surface area is 161 Å². The predicted octanol–water partition coefficient (Wildman–Crippen LogP) is 4.04. The minimum atomic E-state index is -3.91. The topological polar surface area (TPSA) is 66.5 Å². The number of nitrogens with zero attached hydrogens (tertiary/aromatic N) is 1. The van der Waals surface area contributed by atoms with Crippen LogP contribution in [-0.4, -0.2) is 21.4 Å². The molecule has 28 heavy (non-hydrogen) atoms. The lowest BCUT2D eigenvalue weighted by Crippen LogP contribution is -2.29. The predicted molar refractivity (Wildman–Crippen MR) is 103 cm³/mol. The van der Waals surface area contributed by atoms with E-state index in [2.05, 4.69) is 5.32 Å². The van der Waals surface area contributed by atoms with E-state index >= 15 is 0 Å². The van der Waals surface area contributed by atoms with Gasteiger partial charge in [0.1, 0.15) is 11.6 Å². The molecule has 0 saturated heterocycles. The van der Waals surface area contributed by atoms with Gasteiger partial charge < -0.3 is 5.32 Å². The van der Waals surface area contributed by atoms with Crippen LogP contribution in [0.2, 0.25) is 0 Å². The first-order chi connectivity index (χ1) is 13.3. The molecule has 1 amide bonds. The van der Waals surface area contributed by atoms with Crippen molar-refractivity contribution in [2.75, 3.05) is 16.7 Å². The van der Waals surface area contributed by atoms with Gasteiger partial charge in [-0.2, -0.15) is 0 Å². The van der Waals surface area contributed by atoms with E-state index in [1.54, 1.807) is 30.3 Å². The maximum atomic E-state index is 13.8. The summed E-state index contributed by atoms with van der Waals surface area (Å²) in [6.07, 6.45) is 0. The van der Waals surface area contributed by atoms with Gasteiger partial charge in [0.2, 0.25) is 0 Å². The molecule has 0 bridgehead atoms. The molecule has 0 aliphatic rings. The van der Waals surface area contributed by atoms with E-state index in [-0.39, 0.29) is 21.8 Å². The molecule has 0 aliphatic carbocycles. The van der Waals surface area contributed by atoms with E-state index in [0.717, 1.165) is 16.4 Å². The zero-order chi connectivity index (χ0) is 20.3. The molecule has 3 aromatic rings. The van der Waals surface area contributed by atoms with Crippen molar-refractivity contribution >= 4 is 27.3 Å². The van der Waals surface area contributed by atoms with Gasteiger partial charge in [0.15, 0.2) is 0 Å². The molecule has 0 aliphatic heterocycles. The van der Waals surface area contributed by atoms with Gasteiger partial charge in [-0.1, -0.05) is 30.3 Å². The number of nitrogens with one attached hydrogen (secondary N) is 1. The number of sulfonamides is 1. The molecule has 5 nitrogen and oxygen atoms in total. The summed E-state index contributed by atoms with van der Waals surface area (Å²) < 4.78 is 53.6. The molecule has 3 rings (SSSR count). The van der Waals surface area contributed by atoms with Crippen molar-refractivity contribution in [3.63, 3.8) is 0 Å². The molecule has 8 heteroatoms. The first-order valence-corrected chi connectivity index (χ1v) is 9.64. The number of carbonyl (C=O) groups is 1. The van der Waals surface area contributed by atoms with Crippen LogP contribution in [-0.2, 0) is 10.0 Å². The summed E-state index contributed by atoms with van der Waals surface area (Å²) in [6.45, 7) is 0. The fraction of sp³-hybridized carbons (Fsp3) is 0.0500. The fourth-order valence-electron chi connectivity index (χ4n) is 2.60. The molecule has 0 aromatic heterocycles. The maximum absolute atomic E-state index is 13.8. The van der Waals surface area contributed by atoms with Gasteiger partial charge >= 0.3 is 0 Å². The summed E-state index contributed by atoms with van der Waals surface area (Å²) >= 11 is 0. The van der Waals surface area contributed by atoms with Crippen LogP contribution >= 0.6 is 0 Å². The monoisotopic (exact) mass is 402 g/mol. The van der Waals surface area contributed by atoms with Crippen LogP contribution in [0.15, 0.2) is 77.7 Å². The van der Waals surface area contributed by atoms with Crippen molar-refractivity contribution in [3.05, 3.63) is 90.0 Å². The van der Waals surface area contributed by atoms with Crippen molar-refractivity contribution in [1.29, 1.82) is 0 Å². The average Bonchev–Trinajstić information content (AvgIpc) is 2.70. The number of para-hydroxylation sites is 1. The minimum Gasteiger partial charge on any atom is -0.319 e. The minimum absolute atomic E-state index is 0.0215. The van der Waals surface area contributed by atoms with Crippen LogP contribution in [0.1, 0.15) is 10.4 Å². The molecule has 1 N–H and O–H groups in total. The normalized spacial score (nSPS) is 11.1. The highest BCUT2D eigenvalue weighted by atomic mass is 32.2. The van der Waals surface area contributed by atoms with Gasteiger partial charge in [-0.15, -0.1) is 0 Å². The second-order valence-corrected chi connectivity index (χ2v) is 7.85. The Morgan fingerprint density at radius 3 is 2.25 bits per heavy atom. The van der Waals surface area contributed by atoms with E-state index in [9.17, 15) is 22.0 Å². The van der Waals surface area contributed by atoms with Gasteiger partial charge in [-0.3, -0.25) is 9.10 Å². The van der Waals surface area contributed by atoms with Crippen LogP contribution in [0.3, 0.4) is 0 Å². The van der Waals surface area contributed by atoms with E-state index in [1.807, 2.05) is 0 Å². The van der Waals surface area contributed by atoms with Crippen molar-refractivity contribution in [3.8, 4) is 0 Å². The Bertz CT molecular complexity index is 1120. The Kier molecular flexibility index (Phi) is 5.41. The van der Waals surface area contributed by atoms with Gasteiger partial charge in [0.25, 0.3) is 15.9 Å². The average molecular weight is 402 g/mol. The van der Waals surface area contributed by atoms with E-state index in [0.29, 0.717) is 6.07 Å². The highest BCUT2D eigenvalue weighted by molar-refractivity contribution is 7.92. The fourth-order valence-corrected chi connectivity index (χ4v) is 3.84. The van der Waals surface area contributed by atoms with Crippen LogP contribution < -0.4 is 9.62 Å². The van der Waals surface area contributed by atoms with Gasteiger partial charge in [-0.25, -0.2) is 17.2 Å². The number of benzene rings is 3. The summed E-state index contributed by atoms with van der Waals surface area (Å²) in [5.41, 5.74) is -0.0747. The van der Waals surface area contributed by atoms with Crippen LogP contribution in [0, 0.1) is 11.6 Å². The number of carbonyl (C=O) groups excluding carboxylic acids is 1. The van der Waals surface area contributed by atoms with Crippen molar-refractivity contribution in [2.45, 2.75) is 4.90 Å². The van der Waals surface area contributed by atoms with Crippen LogP contribution in [0.4, 0.5) is 20.2 Å². The Hall–Kier alpha value is -3.26. The summed E-state index contributed by atoms with van der Waals surface area (Å²) in [6, 6.07) is 16.6. The lowest BCUT2D eigenvalue weighted by Gasteiger charge is -2.22. The third kappa shape index (κ3) is 3.86. The summed E-state index contributed by atoms with van der Waals surface area (Å²) in [4.78, 5) is 12.7. The molecule has 144 valence electrons. The molecule has 0 spiro atoms. The second kappa shape index (κ2) is 7.77. The molecule has 0 atom stereocenters. The second-order valence-electron chi connectivity index (χ2n) is 5.88. The largest absolute Gasteiger partial charge is 0.319 e. The number of amides is 1. The smallest absolute Gasteiger partial charge is 0.264 e. The SMILES string of the molecule is CN(c1ccccc1C(=O)Nc1ccc(F)cc1F)S(=O)(=O)c1ccccc1. The quantitative estimate of drug-likeness (QED) is 0.700. The number of anilines is 2. The lowest BCUT2D eigenvalue weighted by molar-refractivity contribution is 0.102. The molecular formula is C20H16F2N2O3S. The number of hydrogen-bond acceptors (Lipinski definition) is 3. The molecule has 0 heterocycles. The molecule has 0 saturated carbocycles. The molecule has 0 unspecified atom stereocenters. The lowest BCUT2D eigenvalue weighted by atomic mass is 10.1. The molecule has 3 aromatic carbocycles. The summed E-state index contributed by atoms with van der Waals surface area (Å²) in [5.74, 6) is -2.43. The zero-order valence-electron chi connectivity index (χ0n) is 14.8. The van der Waals surface area contributed by atoms with Crippen LogP contribution in [0.25, 0.3) is 0 Å². The zero-order valence-corrected chi connectivity index (χ0v) is 15.6. The molecular weight excluding hydrogens is 386 g/mol. The van der Waals surface area contributed by atoms with Gasteiger partial charge in [0.05, 0.1) is 21.8 Å². The number of rotatable bonds is 5. The molecule has 0 radical (unpaired) electrons. The Balaban J connectivity index is 1.96. The number of hydrogen-bond donors (Lipinski definition) is 1. The van der Waals surface area contributed by atoms with E-state index in [4.69, 9.17) is 0 Å². The summed E-state index contributed by atoms with van der Waals surface area (Å²) in [7, 11) is -2.58. The highest BCUT2D eigenvalue weighted by Crippen LogP contribution is 2.26. The van der Waals surface area contributed by atoms with Gasteiger partial charge in [-0.05, 0) is 36.4 Å². The van der Waals surface area contributed by atoms with Crippen LogP contribution in [0.5, 0.6) is 0 Å². The Morgan fingerprint density at radius 2 is 1.57 bits per heavy atom. The third-order valence-corrected chi connectivity index (χ3v) is 5.85. The maximum Gasteiger partial charge on any atom is 0.264 e. The van der Waals surface area contributed by atoms with Gasteiger partial charge in [0, 0.05) is 13.1 Å². The van der Waals surface area contributed by atoms with Crippen molar-refractivity contribution in [2.24, 2.45) is 0 Å². The Morgan fingerprint density at radius 1 is 0.929 bits per heavy atom. The number of halogens is 2. The van der Waals surface area contributed by atoms with E-state index in [1.165, 1.54) is 31.3 Å². The third-order valence-electron chi connectivity index (χ3n) is 4.07.